The van der Waals surface area contributed by atoms with Gasteiger partial charge in [0.05, 0.1) is 4.90 Å². The van der Waals surface area contributed by atoms with E-state index in [0.29, 0.717) is 18.7 Å². The van der Waals surface area contributed by atoms with Gasteiger partial charge in [-0.15, -0.1) is 0 Å². The quantitative estimate of drug-likeness (QED) is 0.665. The normalized spacial score (nSPS) is 11.3. The Hall–Kier alpha value is -1.44. The van der Waals surface area contributed by atoms with Gasteiger partial charge in [-0.3, -0.25) is 4.79 Å². The van der Waals surface area contributed by atoms with Crippen molar-refractivity contribution in [2.75, 3.05) is 18.4 Å². The van der Waals surface area contributed by atoms with Crippen molar-refractivity contribution in [2.45, 2.75) is 25.2 Å². The summed E-state index contributed by atoms with van der Waals surface area (Å²) in [5.74, 6) is -0.171. The lowest BCUT2D eigenvalue weighted by Gasteiger charge is -2.10. The molecule has 0 saturated carbocycles. The van der Waals surface area contributed by atoms with Crippen LogP contribution in [0.1, 0.15) is 18.9 Å². The molecule has 6 nitrogen and oxygen atoms in total. The Morgan fingerprint density at radius 3 is 2.63 bits per heavy atom. The molecule has 0 bridgehead atoms. The summed E-state index contributed by atoms with van der Waals surface area (Å²) < 4.78 is 22.5. The van der Waals surface area contributed by atoms with Gasteiger partial charge in [0.2, 0.25) is 15.9 Å². The number of anilines is 1. The smallest absolute Gasteiger partial charge is 0.238 e. The first-order valence-electron chi connectivity index (χ1n) is 5.98. The van der Waals surface area contributed by atoms with Crippen LogP contribution in [-0.2, 0) is 14.8 Å². The van der Waals surface area contributed by atoms with Gasteiger partial charge in [0.1, 0.15) is 0 Å². The van der Waals surface area contributed by atoms with E-state index in [1.54, 1.807) is 13.0 Å². The van der Waals surface area contributed by atoms with Crippen molar-refractivity contribution in [3.05, 3.63) is 23.8 Å². The van der Waals surface area contributed by atoms with Crippen LogP contribution in [0.25, 0.3) is 0 Å². The van der Waals surface area contributed by atoms with Gasteiger partial charge in [0.25, 0.3) is 0 Å². The fraction of sp³-hybridized carbons (Fsp3) is 0.417. The van der Waals surface area contributed by atoms with Crippen molar-refractivity contribution in [2.24, 2.45) is 5.14 Å². The number of benzene rings is 1. The highest BCUT2D eigenvalue weighted by Gasteiger charge is 2.11. The third-order valence-electron chi connectivity index (χ3n) is 2.59. The molecule has 0 aromatic heterocycles. The van der Waals surface area contributed by atoms with E-state index in [0.717, 1.165) is 12.1 Å². The maximum absolute atomic E-state index is 11.7. The SMILES string of the molecule is CCNCCC(=O)Nc1cc(S(N)(=O)=O)ccc1C. The zero-order chi connectivity index (χ0) is 14.5. The lowest BCUT2D eigenvalue weighted by Crippen LogP contribution is -2.22. The van der Waals surface area contributed by atoms with Gasteiger partial charge < -0.3 is 10.6 Å². The second-order valence-corrected chi connectivity index (χ2v) is 5.73. The maximum atomic E-state index is 11.7. The first-order chi connectivity index (χ1) is 8.84. The molecule has 1 aromatic rings. The van der Waals surface area contributed by atoms with Crippen LogP contribution in [0.2, 0.25) is 0 Å². The minimum Gasteiger partial charge on any atom is -0.326 e. The number of aryl methyl sites for hydroxylation is 1. The Labute approximate surface area is 113 Å². The van der Waals surface area contributed by atoms with Gasteiger partial charge in [0.15, 0.2) is 0 Å². The van der Waals surface area contributed by atoms with E-state index in [9.17, 15) is 13.2 Å². The van der Waals surface area contributed by atoms with Gasteiger partial charge in [-0.2, -0.15) is 0 Å². The van der Waals surface area contributed by atoms with Crippen molar-refractivity contribution < 1.29 is 13.2 Å². The fourth-order valence-corrected chi connectivity index (χ4v) is 2.04. The van der Waals surface area contributed by atoms with Crippen molar-refractivity contribution in [3.63, 3.8) is 0 Å². The topological polar surface area (TPSA) is 101 Å². The first-order valence-corrected chi connectivity index (χ1v) is 7.53. The molecule has 0 saturated heterocycles. The monoisotopic (exact) mass is 285 g/mol. The van der Waals surface area contributed by atoms with E-state index in [1.807, 2.05) is 6.92 Å². The van der Waals surface area contributed by atoms with Crippen molar-refractivity contribution >= 4 is 21.6 Å². The molecule has 106 valence electrons. The van der Waals surface area contributed by atoms with Crippen molar-refractivity contribution in [3.8, 4) is 0 Å². The highest BCUT2D eigenvalue weighted by Crippen LogP contribution is 2.19. The first kappa shape index (κ1) is 15.6. The number of nitrogens with one attached hydrogen (secondary N) is 2. The molecule has 0 fully saturated rings. The fourth-order valence-electron chi connectivity index (χ4n) is 1.50. The number of hydrogen-bond acceptors (Lipinski definition) is 4. The Bertz CT molecular complexity index is 555. The Morgan fingerprint density at radius 2 is 2.05 bits per heavy atom. The summed E-state index contributed by atoms with van der Waals surface area (Å²) in [5.41, 5.74) is 1.25. The number of sulfonamides is 1. The van der Waals surface area contributed by atoms with E-state index in [-0.39, 0.29) is 10.8 Å². The van der Waals surface area contributed by atoms with E-state index >= 15 is 0 Å². The summed E-state index contributed by atoms with van der Waals surface area (Å²) in [6, 6.07) is 4.40. The van der Waals surface area contributed by atoms with Gasteiger partial charge in [-0.05, 0) is 31.2 Å². The molecule has 0 aliphatic carbocycles. The molecule has 4 N–H and O–H groups in total. The highest BCUT2D eigenvalue weighted by atomic mass is 32.2. The minimum absolute atomic E-state index is 0.0138. The predicted octanol–water partition coefficient (Wildman–Crippen LogP) is 0.581. The third-order valence-corrected chi connectivity index (χ3v) is 3.50. The van der Waals surface area contributed by atoms with Crippen LogP contribution in [-0.4, -0.2) is 27.4 Å². The molecule has 0 unspecified atom stereocenters. The van der Waals surface area contributed by atoms with Gasteiger partial charge in [-0.1, -0.05) is 13.0 Å². The van der Waals surface area contributed by atoms with Gasteiger partial charge in [0, 0.05) is 18.7 Å². The van der Waals surface area contributed by atoms with Crippen LogP contribution < -0.4 is 15.8 Å². The number of carbonyl (C=O) groups excluding carboxylic acids is 1. The standard InChI is InChI=1S/C12H19N3O3S/c1-3-14-7-6-12(16)15-11-8-10(19(13,17)18)5-4-9(11)2/h4-5,8,14H,3,6-7H2,1-2H3,(H,15,16)(H2,13,17,18). The summed E-state index contributed by atoms with van der Waals surface area (Å²) in [6.45, 7) is 5.12. The summed E-state index contributed by atoms with van der Waals surface area (Å²) in [4.78, 5) is 11.7. The molecule has 7 heteroatoms. The van der Waals surface area contributed by atoms with Crippen LogP contribution in [0, 0.1) is 6.92 Å². The maximum Gasteiger partial charge on any atom is 0.238 e. The van der Waals surface area contributed by atoms with Crippen LogP contribution in [0.15, 0.2) is 23.1 Å². The number of carbonyl (C=O) groups is 1. The van der Waals surface area contributed by atoms with E-state index in [4.69, 9.17) is 5.14 Å². The minimum atomic E-state index is -3.76. The summed E-state index contributed by atoms with van der Waals surface area (Å²) in [6.07, 6.45) is 0.326. The average molecular weight is 285 g/mol. The van der Waals surface area contributed by atoms with Gasteiger partial charge in [-0.25, -0.2) is 13.6 Å². The molecule has 0 aliphatic rings. The molecule has 19 heavy (non-hydrogen) atoms. The van der Waals surface area contributed by atoms with Crippen LogP contribution in [0.5, 0.6) is 0 Å². The Morgan fingerprint density at radius 1 is 1.37 bits per heavy atom. The number of rotatable bonds is 6. The zero-order valence-corrected chi connectivity index (χ0v) is 11.9. The molecule has 0 radical (unpaired) electrons. The number of nitrogens with two attached hydrogens (primary N) is 1. The largest absolute Gasteiger partial charge is 0.326 e. The highest BCUT2D eigenvalue weighted by molar-refractivity contribution is 7.89. The Balaban J connectivity index is 2.80. The predicted molar refractivity (Wildman–Crippen MR) is 74.3 cm³/mol. The van der Waals surface area contributed by atoms with Gasteiger partial charge >= 0.3 is 0 Å². The summed E-state index contributed by atoms with van der Waals surface area (Å²) in [7, 11) is -3.76. The number of hydrogen-bond donors (Lipinski definition) is 3. The molecular formula is C12H19N3O3S. The molecular weight excluding hydrogens is 266 g/mol. The van der Waals surface area contributed by atoms with Crippen molar-refractivity contribution in [1.29, 1.82) is 0 Å². The van der Waals surface area contributed by atoms with Crippen molar-refractivity contribution in [1.82, 2.24) is 5.32 Å². The van der Waals surface area contributed by atoms with Crippen LogP contribution in [0.3, 0.4) is 0 Å². The van der Waals surface area contributed by atoms with Crippen LogP contribution in [0.4, 0.5) is 5.69 Å². The average Bonchev–Trinajstić information content (AvgIpc) is 2.31. The van der Waals surface area contributed by atoms with E-state index in [2.05, 4.69) is 10.6 Å². The number of amides is 1. The third kappa shape index (κ3) is 4.98. The molecule has 0 heterocycles. The summed E-state index contributed by atoms with van der Waals surface area (Å²) >= 11 is 0. The zero-order valence-electron chi connectivity index (χ0n) is 11.1. The molecule has 0 spiro atoms. The van der Waals surface area contributed by atoms with Crippen LogP contribution >= 0.6 is 0 Å². The molecule has 0 atom stereocenters. The molecule has 1 aromatic carbocycles. The number of primary sulfonamides is 1. The van der Waals surface area contributed by atoms with E-state index < -0.39 is 10.0 Å². The Kier molecular flexibility index (Phi) is 5.46. The lowest BCUT2D eigenvalue weighted by atomic mass is 10.2. The summed E-state index contributed by atoms with van der Waals surface area (Å²) in [5, 5.41) is 10.8. The van der Waals surface area contributed by atoms with E-state index in [1.165, 1.54) is 12.1 Å². The second-order valence-electron chi connectivity index (χ2n) is 4.17. The molecule has 0 aliphatic heterocycles. The molecule has 1 amide bonds. The second kappa shape index (κ2) is 6.65. The molecule has 1 rings (SSSR count). The lowest BCUT2D eigenvalue weighted by molar-refractivity contribution is -0.116.